The van der Waals surface area contributed by atoms with Crippen LogP contribution < -0.4 is 5.73 Å². The number of rotatable bonds is 4. The SMILES string of the molecule is CCOC(=O)C(O)C(O)c1c(N)cc(F)cc1F. The molecule has 0 radical (unpaired) electrons. The van der Waals surface area contributed by atoms with Crippen LogP contribution in [0.1, 0.15) is 18.6 Å². The lowest BCUT2D eigenvalue weighted by Gasteiger charge is -2.18. The van der Waals surface area contributed by atoms with Crippen LogP contribution in [0.25, 0.3) is 0 Å². The van der Waals surface area contributed by atoms with E-state index < -0.39 is 41.1 Å². The molecule has 0 amide bonds. The standard InChI is InChI=1S/C11H13F2NO4/c1-2-18-11(17)10(16)9(15)8-6(13)3-5(12)4-7(8)14/h3-4,9-10,15-16H,2,14H2,1H3. The number of nitrogens with two attached hydrogens (primary N) is 1. The quantitative estimate of drug-likeness (QED) is 0.542. The van der Waals surface area contributed by atoms with Gasteiger partial charge in [0.25, 0.3) is 0 Å². The second-order valence-electron chi connectivity index (χ2n) is 3.53. The number of nitrogen functional groups attached to an aromatic ring is 1. The maximum Gasteiger partial charge on any atom is 0.338 e. The summed E-state index contributed by atoms with van der Waals surface area (Å²) >= 11 is 0. The molecule has 1 aromatic rings. The fourth-order valence-electron chi connectivity index (χ4n) is 1.43. The van der Waals surface area contributed by atoms with Crippen LogP contribution in [0.5, 0.6) is 0 Å². The van der Waals surface area contributed by atoms with Crippen LogP contribution in [0.4, 0.5) is 14.5 Å². The van der Waals surface area contributed by atoms with Crippen LogP contribution in [0.3, 0.4) is 0 Å². The van der Waals surface area contributed by atoms with Crippen molar-refractivity contribution in [3.05, 3.63) is 29.3 Å². The maximum atomic E-state index is 13.4. The third kappa shape index (κ3) is 2.93. The fraction of sp³-hybridized carbons (Fsp3) is 0.364. The Hall–Kier alpha value is -1.73. The Morgan fingerprint density at radius 2 is 2.06 bits per heavy atom. The van der Waals surface area contributed by atoms with Crippen LogP contribution >= 0.6 is 0 Å². The number of carbonyl (C=O) groups excluding carboxylic acids is 1. The highest BCUT2D eigenvalue weighted by atomic mass is 19.1. The van der Waals surface area contributed by atoms with Gasteiger partial charge in [0.2, 0.25) is 0 Å². The topological polar surface area (TPSA) is 92.8 Å². The van der Waals surface area contributed by atoms with Crippen LogP contribution in [0, 0.1) is 11.6 Å². The molecule has 7 heteroatoms. The Balaban J connectivity index is 3.03. The van der Waals surface area contributed by atoms with Crippen LogP contribution in [0.15, 0.2) is 12.1 Å². The minimum atomic E-state index is -1.99. The molecule has 0 bridgehead atoms. The van der Waals surface area contributed by atoms with Gasteiger partial charge in [-0.15, -0.1) is 0 Å². The molecule has 0 spiro atoms. The maximum absolute atomic E-state index is 13.4. The monoisotopic (exact) mass is 261 g/mol. The van der Waals surface area contributed by atoms with Crippen molar-refractivity contribution in [2.45, 2.75) is 19.1 Å². The number of hydrogen-bond acceptors (Lipinski definition) is 5. The predicted molar refractivity (Wildman–Crippen MR) is 58.4 cm³/mol. The molecule has 0 saturated carbocycles. The smallest absolute Gasteiger partial charge is 0.338 e. The van der Waals surface area contributed by atoms with Gasteiger partial charge in [-0.2, -0.15) is 0 Å². The third-order valence-corrected chi connectivity index (χ3v) is 2.25. The molecule has 5 nitrogen and oxygen atoms in total. The van der Waals surface area contributed by atoms with Crippen molar-refractivity contribution in [3.8, 4) is 0 Å². The lowest BCUT2D eigenvalue weighted by Crippen LogP contribution is -2.31. The van der Waals surface area contributed by atoms with E-state index in [-0.39, 0.29) is 6.61 Å². The second-order valence-corrected chi connectivity index (χ2v) is 3.53. The molecule has 0 saturated heterocycles. The lowest BCUT2D eigenvalue weighted by atomic mass is 10.0. The summed E-state index contributed by atoms with van der Waals surface area (Å²) in [5, 5.41) is 19.1. The Morgan fingerprint density at radius 1 is 1.44 bits per heavy atom. The van der Waals surface area contributed by atoms with E-state index in [1.807, 2.05) is 0 Å². The molecule has 1 rings (SSSR count). The number of esters is 1. The number of anilines is 1. The highest BCUT2D eigenvalue weighted by molar-refractivity contribution is 5.76. The predicted octanol–water partition coefficient (Wildman–Crippen LogP) is 0.504. The molecular formula is C11H13F2NO4. The van der Waals surface area contributed by atoms with Crippen molar-refractivity contribution in [1.29, 1.82) is 0 Å². The van der Waals surface area contributed by atoms with Gasteiger partial charge in [-0.05, 0) is 13.0 Å². The summed E-state index contributed by atoms with van der Waals surface area (Å²) in [6, 6.07) is 1.27. The van der Waals surface area contributed by atoms with Crippen LogP contribution in [0.2, 0.25) is 0 Å². The van der Waals surface area contributed by atoms with Gasteiger partial charge in [-0.25, -0.2) is 13.6 Å². The average molecular weight is 261 g/mol. The zero-order valence-electron chi connectivity index (χ0n) is 9.56. The van der Waals surface area contributed by atoms with Gasteiger partial charge in [0, 0.05) is 17.3 Å². The Morgan fingerprint density at radius 3 is 2.56 bits per heavy atom. The van der Waals surface area contributed by atoms with E-state index in [4.69, 9.17) is 5.73 Å². The minimum absolute atomic E-state index is 0.00993. The molecule has 0 heterocycles. The van der Waals surface area contributed by atoms with E-state index in [2.05, 4.69) is 4.74 Å². The molecule has 0 aliphatic heterocycles. The number of benzene rings is 1. The summed E-state index contributed by atoms with van der Waals surface area (Å²) in [7, 11) is 0. The van der Waals surface area contributed by atoms with Crippen molar-refractivity contribution >= 4 is 11.7 Å². The molecule has 1 aromatic carbocycles. The summed E-state index contributed by atoms with van der Waals surface area (Å²) < 4.78 is 30.7. The van der Waals surface area contributed by atoms with Crippen LogP contribution in [-0.4, -0.2) is 28.9 Å². The molecule has 18 heavy (non-hydrogen) atoms. The summed E-state index contributed by atoms with van der Waals surface area (Å²) in [6.45, 7) is 1.49. The number of ether oxygens (including phenoxy) is 1. The molecule has 0 aliphatic rings. The molecular weight excluding hydrogens is 248 g/mol. The Bertz CT molecular complexity index is 430. The average Bonchev–Trinajstić information content (AvgIpc) is 2.26. The molecule has 0 fully saturated rings. The Labute approximate surface area is 102 Å². The van der Waals surface area contributed by atoms with E-state index in [1.54, 1.807) is 0 Å². The van der Waals surface area contributed by atoms with Crippen molar-refractivity contribution in [1.82, 2.24) is 0 Å². The largest absolute Gasteiger partial charge is 0.464 e. The zero-order chi connectivity index (χ0) is 13.9. The third-order valence-electron chi connectivity index (χ3n) is 2.25. The van der Waals surface area contributed by atoms with Gasteiger partial charge in [-0.3, -0.25) is 0 Å². The molecule has 2 unspecified atom stereocenters. The normalized spacial score (nSPS) is 14.1. The van der Waals surface area contributed by atoms with Crippen LogP contribution in [-0.2, 0) is 9.53 Å². The second kappa shape index (κ2) is 5.74. The van der Waals surface area contributed by atoms with Gasteiger partial charge >= 0.3 is 5.97 Å². The van der Waals surface area contributed by atoms with Gasteiger partial charge in [-0.1, -0.05) is 0 Å². The molecule has 0 aromatic heterocycles. The highest BCUT2D eigenvalue weighted by Crippen LogP contribution is 2.27. The van der Waals surface area contributed by atoms with E-state index in [0.717, 1.165) is 6.07 Å². The molecule has 4 N–H and O–H groups in total. The van der Waals surface area contributed by atoms with E-state index >= 15 is 0 Å². The highest BCUT2D eigenvalue weighted by Gasteiger charge is 2.30. The summed E-state index contributed by atoms with van der Waals surface area (Å²) in [6.07, 6.45) is -3.92. The first-order valence-electron chi connectivity index (χ1n) is 5.15. The lowest BCUT2D eigenvalue weighted by molar-refractivity contribution is -0.159. The Kier molecular flexibility index (Phi) is 4.57. The zero-order valence-corrected chi connectivity index (χ0v) is 9.56. The van der Waals surface area contributed by atoms with Gasteiger partial charge in [0.05, 0.1) is 6.61 Å². The number of aliphatic hydroxyl groups excluding tert-OH is 2. The number of aliphatic hydroxyl groups is 2. The first-order chi connectivity index (χ1) is 8.38. The number of halogens is 2. The van der Waals surface area contributed by atoms with E-state index in [9.17, 15) is 23.8 Å². The van der Waals surface area contributed by atoms with Gasteiger partial charge in [0.1, 0.15) is 17.7 Å². The van der Waals surface area contributed by atoms with Gasteiger partial charge < -0.3 is 20.7 Å². The number of carbonyl (C=O) groups is 1. The first kappa shape index (κ1) is 14.3. The molecule has 2 atom stereocenters. The van der Waals surface area contributed by atoms with Crippen molar-refractivity contribution in [3.63, 3.8) is 0 Å². The summed E-state index contributed by atoms with van der Waals surface area (Å²) in [5.41, 5.74) is 4.39. The van der Waals surface area contributed by atoms with Crippen molar-refractivity contribution < 1.29 is 28.5 Å². The van der Waals surface area contributed by atoms with Gasteiger partial charge in [0.15, 0.2) is 6.10 Å². The minimum Gasteiger partial charge on any atom is -0.464 e. The summed E-state index contributed by atoms with van der Waals surface area (Å²) in [4.78, 5) is 11.2. The van der Waals surface area contributed by atoms with Crippen molar-refractivity contribution in [2.24, 2.45) is 0 Å². The number of hydrogen-bond donors (Lipinski definition) is 3. The first-order valence-corrected chi connectivity index (χ1v) is 5.15. The fourth-order valence-corrected chi connectivity index (χ4v) is 1.43. The molecule has 0 aliphatic carbocycles. The van der Waals surface area contributed by atoms with E-state index in [0.29, 0.717) is 6.07 Å². The van der Waals surface area contributed by atoms with Crippen molar-refractivity contribution in [2.75, 3.05) is 12.3 Å². The molecule has 100 valence electrons. The summed E-state index contributed by atoms with van der Waals surface area (Å²) in [5.74, 6) is -3.19. The van der Waals surface area contributed by atoms with E-state index in [1.165, 1.54) is 6.92 Å².